The Hall–Kier alpha value is -1.04. The van der Waals surface area contributed by atoms with Crippen LogP contribution < -0.4 is 0 Å². The minimum Gasteiger partial charge on any atom is -0.280 e. The number of halogens is 3. The quantitative estimate of drug-likeness (QED) is 0.593. The Morgan fingerprint density at radius 1 is 1.33 bits per heavy atom. The van der Waals surface area contributed by atoms with E-state index in [1.807, 2.05) is 48.3 Å². The van der Waals surface area contributed by atoms with Gasteiger partial charge in [-0.1, -0.05) is 11.6 Å². The molecule has 4 nitrogen and oxygen atoms in total. The molecule has 0 aliphatic carbocycles. The minimum absolute atomic E-state index is 0.216. The molecule has 1 unspecified atom stereocenters. The lowest BCUT2D eigenvalue weighted by Crippen LogP contribution is -2.06. The number of fused-ring (bicyclic) bond motifs is 1. The Morgan fingerprint density at radius 3 is 2.67 bits per heavy atom. The number of hydrogen-bond donors (Lipinski definition) is 0. The summed E-state index contributed by atoms with van der Waals surface area (Å²) in [5.41, 5.74) is 3.62. The first-order chi connectivity index (χ1) is 9.90. The molecule has 110 valence electrons. The maximum absolute atomic E-state index is 6.31. The van der Waals surface area contributed by atoms with Crippen LogP contribution in [-0.4, -0.2) is 19.3 Å². The van der Waals surface area contributed by atoms with Crippen molar-refractivity contribution in [3.63, 3.8) is 0 Å². The Balaban J connectivity index is 2.38. The fraction of sp³-hybridized carbons (Fsp3) is 0.286. The Kier molecular flexibility index (Phi) is 3.76. The molecule has 0 amide bonds. The van der Waals surface area contributed by atoms with E-state index < -0.39 is 0 Å². The smallest absolute Gasteiger partial charge is 0.163 e. The van der Waals surface area contributed by atoms with Gasteiger partial charge in [0.15, 0.2) is 5.65 Å². The van der Waals surface area contributed by atoms with Gasteiger partial charge in [0.05, 0.1) is 21.8 Å². The second kappa shape index (κ2) is 5.30. The maximum atomic E-state index is 6.31. The van der Waals surface area contributed by atoms with E-state index in [-0.39, 0.29) is 5.38 Å². The van der Waals surface area contributed by atoms with Crippen molar-refractivity contribution >= 4 is 50.3 Å². The van der Waals surface area contributed by atoms with Gasteiger partial charge in [0.2, 0.25) is 0 Å². The van der Waals surface area contributed by atoms with E-state index in [1.54, 1.807) is 0 Å². The fourth-order valence-corrected chi connectivity index (χ4v) is 3.07. The molecule has 21 heavy (non-hydrogen) atoms. The third-order valence-electron chi connectivity index (χ3n) is 3.35. The van der Waals surface area contributed by atoms with Crippen LogP contribution in [0.5, 0.6) is 0 Å². The fourth-order valence-electron chi connectivity index (χ4n) is 2.43. The van der Waals surface area contributed by atoms with E-state index >= 15 is 0 Å². The van der Waals surface area contributed by atoms with Gasteiger partial charge in [-0.05, 0) is 48.0 Å². The van der Waals surface area contributed by atoms with Crippen LogP contribution in [0, 0.1) is 6.92 Å². The summed E-state index contributed by atoms with van der Waals surface area (Å²) in [7, 11) is 1.90. The molecule has 0 fully saturated rings. The van der Waals surface area contributed by atoms with Gasteiger partial charge in [0.25, 0.3) is 0 Å². The van der Waals surface area contributed by atoms with Crippen molar-refractivity contribution in [1.29, 1.82) is 0 Å². The normalized spacial score (nSPS) is 13.0. The van der Waals surface area contributed by atoms with E-state index in [9.17, 15) is 0 Å². The molecule has 0 aliphatic rings. The van der Waals surface area contributed by atoms with Crippen LogP contribution in [0.2, 0.25) is 5.02 Å². The Bertz CT molecular complexity index is 835. The highest BCUT2D eigenvalue weighted by Crippen LogP contribution is 2.32. The van der Waals surface area contributed by atoms with Gasteiger partial charge in [0.1, 0.15) is 11.3 Å². The summed E-state index contributed by atoms with van der Waals surface area (Å²) < 4.78 is 4.67. The average molecular weight is 388 g/mol. The van der Waals surface area contributed by atoms with E-state index in [1.165, 1.54) is 0 Å². The van der Waals surface area contributed by atoms with E-state index in [0.717, 1.165) is 32.8 Å². The molecule has 7 heteroatoms. The first-order valence-corrected chi connectivity index (χ1v) is 8.02. The number of aryl methyl sites for hydroxylation is 2. The van der Waals surface area contributed by atoms with Gasteiger partial charge >= 0.3 is 0 Å². The molecule has 3 rings (SSSR count). The Labute approximate surface area is 140 Å². The summed E-state index contributed by atoms with van der Waals surface area (Å²) in [5, 5.41) is 4.88. The van der Waals surface area contributed by atoms with Gasteiger partial charge in [-0.3, -0.25) is 4.57 Å². The molecule has 2 heterocycles. The summed E-state index contributed by atoms with van der Waals surface area (Å²) in [6.45, 7) is 3.85. The highest BCUT2D eigenvalue weighted by atomic mass is 79.9. The molecule has 0 bridgehead atoms. The van der Waals surface area contributed by atoms with Gasteiger partial charge in [-0.2, -0.15) is 5.10 Å². The third-order valence-corrected chi connectivity index (χ3v) is 4.75. The third kappa shape index (κ3) is 2.37. The van der Waals surface area contributed by atoms with Crippen molar-refractivity contribution in [3.05, 3.63) is 39.2 Å². The van der Waals surface area contributed by atoms with Crippen molar-refractivity contribution in [2.75, 3.05) is 0 Å². The SMILES string of the molecule is Cc1nn(C)c2c1nc(C(C)Cl)n2-c1ccc(Cl)c(Br)c1. The van der Waals surface area contributed by atoms with Gasteiger partial charge in [-0.25, -0.2) is 9.67 Å². The predicted octanol–water partition coefficient (Wildman–Crippen LogP) is 4.78. The molecule has 0 spiro atoms. The average Bonchev–Trinajstić information content (AvgIpc) is 2.93. The zero-order valence-corrected chi connectivity index (χ0v) is 14.8. The highest BCUT2D eigenvalue weighted by molar-refractivity contribution is 9.10. The van der Waals surface area contributed by atoms with E-state index in [0.29, 0.717) is 5.02 Å². The number of aromatic nitrogens is 4. The first-order valence-electron chi connectivity index (χ1n) is 6.41. The summed E-state index contributed by atoms with van der Waals surface area (Å²) in [5.74, 6) is 0.789. The molecule has 2 aromatic heterocycles. The first kappa shape index (κ1) is 14.9. The van der Waals surface area contributed by atoms with Gasteiger partial charge in [-0.15, -0.1) is 11.6 Å². The number of imidazole rings is 1. The van der Waals surface area contributed by atoms with Crippen LogP contribution >= 0.6 is 39.1 Å². The van der Waals surface area contributed by atoms with Crippen LogP contribution in [0.1, 0.15) is 23.8 Å². The number of rotatable bonds is 2. The number of nitrogens with zero attached hydrogens (tertiary/aromatic N) is 4. The molecule has 1 atom stereocenters. The Morgan fingerprint density at radius 2 is 2.05 bits per heavy atom. The molecule has 0 radical (unpaired) electrons. The number of hydrogen-bond acceptors (Lipinski definition) is 2. The van der Waals surface area contributed by atoms with Crippen molar-refractivity contribution in [1.82, 2.24) is 19.3 Å². The van der Waals surface area contributed by atoms with E-state index in [2.05, 4.69) is 26.0 Å². The molecule has 3 aromatic rings. The molecule has 0 N–H and O–H groups in total. The van der Waals surface area contributed by atoms with Gasteiger partial charge < -0.3 is 0 Å². The molecular formula is C14H13BrCl2N4. The lowest BCUT2D eigenvalue weighted by Gasteiger charge is -2.12. The molecule has 0 aliphatic heterocycles. The highest BCUT2D eigenvalue weighted by Gasteiger charge is 2.21. The molecular weight excluding hydrogens is 375 g/mol. The largest absolute Gasteiger partial charge is 0.280 e. The van der Waals surface area contributed by atoms with Crippen LogP contribution in [0.15, 0.2) is 22.7 Å². The summed E-state index contributed by atoms with van der Waals surface area (Å²) in [6, 6.07) is 5.74. The summed E-state index contributed by atoms with van der Waals surface area (Å²) in [4.78, 5) is 4.66. The molecule has 0 saturated heterocycles. The standard InChI is InChI=1S/C14H13BrCl2N4/c1-7(16)13-18-12-8(2)19-20(3)14(12)21(13)9-4-5-11(17)10(15)6-9/h4-7H,1-3H3. The topological polar surface area (TPSA) is 35.6 Å². The van der Waals surface area contributed by atoms with Crippen LogP contribution in [0.4, 0.5) is 0 Å². The zero-order valence-electron chi connectivity index (χ0n) is 11.7. The van der Waals surface area contributed by atoms with Crippen molar-refractivity contribution in [2.45, 2.75) is 19.2 Å². The number of benzene rings is 1. The monoisotopic (exact) mass is 386 g/mol. The summed E-state index contributed by atoms with van der Waals surface area (Å²) in [6.07, 6.45) is 0. The molecule has 0 saturated carbocycles. The lowest BCUT2D eigenvalue weighted by molar-refractivity contribution is 0.748. The van der Waals surface area contributed by atoms with E-state index in [4.69, 9.17) is 23.2 Å². The van der Waals surface area contributed by atoms with Crippen molar-refractivity contribution < 1.29 is 0 Å². The number of alkyl halides is 1. The second-order valence-electron chi connectivity index (χ2n) is 4.90. The van der Waals surface area contributed by atoms with Crippen molar-refractivity contribution in [2.24, 2.45) is 7.05 Å². The van der Waals surface area contributed by atoms with Gasteiger partial charge in [0, 0.05) is 11.5 Å². The summed E-state index contributed by atoms with van der Waals surface area (Å²) >= 11 is 15.9. The zero-order chi connectivity index (χ0) is 15.3. The van der Waals surface area contributed by atoms with Crippen LogP contribution in [-0.2, 0) is 7.05 Å². The lowest BCUT2D eigenvalue weighted by atomic mass is 10.3. The molecule has 1 aromatic carbocycles. The van der Waals surface area contributed by atoms with Crippen LogP contribution in [0.3, 0.4) is 0 Å². The van der Waals surface area contributed by atoms with Crippen molar-refractivity contribution in [3.8, 4) is 5.69 Å². The predicted molar refractivity (Wildman–Crippen MR) is 89.6 cm³/mol. The van der Waals surface area contributed by atoms with Crippen LogP contribution in [0.25, 0.3) is 16.9 Å². The minimum atomic E-state index is -0.216. The second-order valence-corrected chi connectivity index (χ2v) is 6.82. The maximum Gasteiger partial charge on any atom is 0.163 e.